The average molecular weight is 412 g/mol. The number of benzene rings is 1. The third-order valence-corrected chi connectivity index (χ3v) is 5.97. The molecule has 0 bridgehead atoms. The first-order valence-corrected chi connectivity index (χ1v) is 10.1. The number of hydrogen-bond acceptors (Lipinski definition) is 3. The molecule has 1 saturated carbocycles. The number of nitrogens with one attached hydrogen (secondary N) is 1. The maximum Gasteiger partial charge on any atom is 0.573 e. The fourth-order valence-electron chi connectivity index (χ4n) is 4.25. The van der Waals surface area contributed by atoms with Crippen LogP contribution in [0.25, 0.3) is 0 Å². The van der Waals surface area contributed by atoms with Crippen molar-refractivity contribution < 1.29 is 27.5 Å². The number of carbonyl (C=O) groups is 2. The Hall–Kier alpha value is -2.25. The van der Waals surface area contributed by atoms with E-state index in [1.165, 1.54) is 6.07 Å². The lowest BCUT2D eigenvalue weighted by Gasteiger charge is -2.40. The first-order chi connectivity index (χ1) is 13.7. The molecule has 1 heterocycles. The van der Waals surface area contributed by atoms with Gasteiger partial charge in [-0.05, 0) is 55.7 Å². The quantitative estimate of drug-likeness (QED) is 0.798. The number of piperidine rings is 1. The van der Waals surface area contributed by atoms with E-state index in [2.05, 4.69) is 10.1 Å². The summed E-state index contributed by atoms with van der Waals surface area (Å²) in [6, 6.07) is 4.84. The molecule has 29 heavy (non-hydrogen) atoms. The van der Waals surface area contributed by atoms with Crippen LogP contribution in [-0.2, 0) is 9.59 Å². The van der Waals surface area contributed by atoms with Gasteiger partial charge in [0.15, 0.2) is 0 Å². The molecule has 0 radical (unpaired) electrons. The molecule has 0 atom stereocenters. The van der Waals surface area contributed by atoms with Gasteiger partial charge in [0, 0.05) is 31.5 Å². The minimum absolute atomic E-state index is 0.00816. The van der Waals surface area contributed by atoms with Crippen LogP contribution >= 0.6 is 0 Å². The van der Waals surface area contributed by atoms with E-state index < -0.39 is 6.36 Å². The van der Waals surface area contributed by atoms with E-state index in [0.29, 0.717) is 50.8 Å². The van der Waals surface area contributed by atoms with Crippen LogP contribution in [0.1, 0.15) is 56.1 Å². The van der Waals surface area contributed by atoms with Gasteiger partial charge in [-0.1, -0.05) is 19.1 Å². The highest BCUT2D eigenvalue weighted by atomic mass is 19.4. The predicted octanol–water partition coefficient (Wildman–Crippen LogP) is 3.90. The van der Waals surface area contributed by atoms with Gasteiger partial charge in [-0.15, -0.1) is 13.2 Å². The van der Waals surface area contributed by atoms with Crippen molar-refractivity contribution in [3.8, 4) is 5.75 Å². The van der Waals surface area contributed by atoms with Crippen molar-refractivity contribution in [3.63, 3.8) is 0 Å². The molecule has 2 aliphatic rings. The van der Waals surface area contributed by atoms with Gasteiger partial charge in [0.2, 0.25) is 11.8 Å². The monoisotopic (exact) mass is 412 g/mol. The van der Waals surface area contributed by atoms with Crippen molar-refractivity contribution in [2.45, 2.75) is 64.3 Å². The number of carbonyl (C=O) groups excluding carboxylic acids is 2. The lowest BCUT2D eigenvalue weighted by Crippen LogP contribution is -2.51. The first-order valence-electron chi connectivity index (χ1n) is 10.1. The number of likely N-dealkylation sites (tertiary alicyclic amines) is 1. The summed E-state index contributed by atoms with van der Waals surface area (Å²) in [4.78, 5) is 25.9. The molecule has 1 N–H and O–H groups in total. The van der Waals surface area contributed by atoms with E-state index in [1.807, 2.05) is 11.0 Å². The zero-order valence-corrected chi connectivity index (χ0v) is 16.7. The van der Waals surface area contributed by atoms with Crippen molar-refractivity contribution in [2.75, 3.05) is 13.1 Å². The number of nitrogens with zero attached hydrogens (tertiary/aromatic N) is 1. The Morgan fingerprint density at radius 2 is 1.86 bits per heavy atom. The molecular weight excluding hydrogens is 385 g/mol. The van der Waals surface area contributed by atoms with Crippen molar-refractivity contribution in [1.29, 1.82) is 0 Å². The molecule has 1 aromatic rings. The van der Waals surface area contributed by atoms with Gasteiger partial charge >= 0.3 is 6.36 Å². The van der Waals surface area contributed by atoms with E-state index >= 15 is 0 Å². The smallest absolute Gasteiger partial charge is 0.406 e. The Kier molecular flexibility index (Phi) is 6.39. The van der Waals surface area contributed by atoms with Crippen molar-refractivity contribution >= 4 is 11.8 Å². The number of rotatable bonds is 5. The molecule has 1 saturated heterocycles. The highest BCUT2D eigenvalue weighted by molar-refractivity contribution is 5.81. The predicted molar refractivity (Wildman–Crippen MR) is 101 cm³/mol. The minimum Gasteiger partial charge on any atom is -0.406 e. The van der Waals surface area contributed by atoms with E-state index in [1.54, 1.807) is 19.9 Å². The number of ether oxygens (including phenoxy) is 1. The second-order valence-corrected chi connectivity index (χ2v) is 7.90. The highest BCUT2D eigenvalue weighted by Gasteiger charge is 2.38. The maximum absolute atomic E-state index is 12.7. The molecule has 160 valence electrons. The molecule has 0 aromatic heterocycles. The molecular formula is C21H27F3N2O3. The van der Waals surface area contributed by atoms with Crippen LogP contribution < -0.4 is 10.1 Å². The fourth-order valence-corrected chi connectivity index (χ4v) is 4.25. The van der Waals surface area contributed by atoms with Crippen LogP contribution in [-0.4, -0.2) is 42.2 Å². The normalized spacial score (nSPS) is 22.7. The largest absolute Gasteiger partial charge is 0.573 e. The van der Waals surface area contributed by atoms with Crippen LogP contribution in [0.3, 0.4) is 0 Å². The number of amides is 2. The van der Waals surface area contributed by atoms with E-state index in [9.17, 15) is 22.8 Å². The summed E-state index contributed by atoms with van der Waals surface area (Å²) in [6.07, 6.45) is -1.48. The first kappa shape index (κ1) is 21.5. The fraction of sp³-hybridized carbons (Fsp3) is 0.619. The minimum atomic E-state index is -4.71. The molecule has 1 aliphatic heterocycles. The summed E-state index contributed by atoms with van der Waals surface area (Å²) < 4.78 is 41.9. The van der Waals surface area contributed by atoms with Gasteiger partial charge in [-0.25, -0.2) is 0 Å². The van der Waals surface area contributed by atoms with Crippen molar-refractivity contribution in [3.05, 3.63) is 29.3 Å². The summed E-state index contributed by atoms with van der Waals surface area (Å²) in [5.41, 5.74) is 1.35. The second-order valence-electron chi connectivity index (χ2n) is 7.90. The van der Waals surface area contributed by atoms with Crippen LogP contribution in [0.4, 0.5) is 13.2 Å². The van der Waals surface area contributed by atoms with Crippen molar-refractivity contribution in [2.24, 2.45) is 5.92 Å². The Morgan fingerprint density at radius 3 is 2.45 bits per heavy atom. The average Bonchev–Trinajstić information content (AvgIpc) is 2.64. The topological polar surface area (TPSA) is 58.6 Å². The van der Waals surface area contributed by atoms with E-state index in [0.717, 1.165) is 5.56 Å². The number of halogens is 3. The molecule has 0 unspecified atom stereocenters. The van der Waals surface area contributed by atoms with Gasteiger partial charge in [-0.2, -0.15) is 0 Å². The van der Waals surface area contributed by atoms with Gasteiger partial charge in [-0.3, -0.25) is 9.59 Å². The Labute approximate surface area is 168 Å². The van der Waals surface area contributed by atoms with Crippen LogP contribution in [0.5, 0.6) is 5.75 Å². The molecule has 8 heteroatoms. The Bertz CT molecular complexity index is 752. The Morgan fingerprint density at radius 1 is 1.21 bits per heavy atom. The summed E-state index contributed by atoms with van der Waals surface area (Å²) >= 11 is 0. The van der Waals surface area contributed by atoms with Gasteiger partial charge in [0.05, 0.1) is 0 Å². The van der Waals surface area contributed by atoms with E-state index in [-0.39, 0.29) is 35.4 Å². The van der Waals surface area contributed by atoms with Crippen molar-refractivity contribution in [1.82, 2.24) is 10.2 Å². The summed E-state index contributed by atoms with van der Waals surface area (Å²) in [5.74, 6) is 0.0288. The zero-order valence-electron chi connectivity index (χ0n) is 16.7. The molecule has 1 aliphatic carbocycles. The molecule has 0 spiro atoms. The number of alkyl halides is 3. The SMILES string of the molecule is CCC(=O)NC1CC(C(=O)N2CCC(c3cccc(OC(F)(F)F)c3C)CC2)C1. The maximum atomic E-state index is 12.7. The number of hydrogen-bond donors (Lipinski definition) is 1. The van der Waals surface area contributed by atoms with Crippen LogP contribution in [0, 0.1) is 12.8 Å². The highest BCUT2D eigenvalue weighted by Crippen LogP contribution is 2.37. The molecule has 5 nitrogen and oxygen atoms in total. The summed E-state index contributed by atoms with van der Waals surface area (Å²) in [7, 11) is 0. The van der Waals surface area contributed by atoms with Crippen LogP contribution in [0.2, 0.25) is 0 Å². The lowest BCUT2D eigenvalue weighted by atomic mass is 9.78. The summed E-state index contributed by atoms with van der Waals surface area (Å²) in [6.45, 7) is 4.63. The lowest BCUT2D eigenvalue weighted by molar-refractivity contribution is -0.274. The van der Waals surface area contributed by atoms with Gasteiger partial charge in [0.25, 0.3) is 0 Å². The standard InChI is InChI=1S/C21H27F3N2O3/c1-3-19(27)25-16-11-15(12-16)20(28)26-9-7-14(8-10-26)17-5-4-6-18(13(17)2)29-21(22,23)24/h4-6,14-16H,3,7-12H2,1-2H3,(H,25,27). The zero-order chi connectivity index (χ0) is 21.2. The summed E-state index contributed by atoms with van der Waals surface area (Å²) in [5, 5.41) is 2.91. The molecule has 2 fully saturated rings. The van der Waals surface area contributed by atoms with E-state index in [4.69, 9.17) is 0 Å². The van der Waals surface area contributed by atoms with Gasteiger partial charge < -0.3 is 15.0 Å². The van der Waals surface area contributed by atoms with Gasteiger partial charge in [0.1, 0.15) is 5.75 Å². The Balaban J connectivity index is 1.53. The molecule has 1 aromatic carbocycles. The molecule has 3 rings (SSSR count). The molecule has 2 amide bonds. The van der Waals surface area contributed by atoms with Crippen LogP contribution in [0.15, 0.2) is 18.2 Å². The third kappa shape index (κ3) is 5.22. The third-order valence-electron chi connectivity index (χ3n) is 5.97. The second kappa shape index (κ2) is 8.63.